The van der Waals surface area contributed by atoms with E-state index in [4.69, 9.17) is 5.11 Å². The molecule has 0 bridgehead atoms. The first-order valence-electron chi connectivity index (χ1n) is 7.15. The maximum atomic E-state index is 11.1. The van der Waals surface area contributed by atoms with Gasteiger partial charge in [-0.1, -0.05) is 26.0 Å². The minimum atomic E-state index is -0.745. The minimum Gasteiger partial charge on any atom is -0.481 e. The van der Waals surface area contributed by atoms with E-state index >= 15 is 0 Å². The van der Waals surface area contributed by atoms with Crippen molar-refractivity contribution in [2.75, 3.05) is 38.6 Å². The highest BCUT2D eigenvalue weighted by Crippen LogP contribution is 2.17. The largest absolute Gasteiger partial charge is 0.481 e. The second-order valence-corrected chi connectivity index (χ2v) is 5.51. The summed E-state index contributed by atoms with van der Waals surface area (Å²) in [5.74, 6) is -1.12. The molecule has 1 aromatic carbocycles. The fourth-order valence-electron chi connectivity index (χ4n) is 2.00. The molecule has 0 spiro atoms. The van der Waals surface area contributed by atoms with Crippen molar-refractivity contribution in [1.29, 1.82) is 0 Å². The summed E-state index contributed by atoms with van der Waals surface area (Å²) in [7, 11) is 4.05. The van der Waals surface area contributed by atoms with Gasteiger partial charge in [0.15, 0.2) is 0 Å². The average molecular weight is 278 g/mol. The van der Waals surface area contributed by atoms with Crippen molar-refractivity contribution in [2.24, 2.45) is 5.92 Å². The van der Waals surface area contributed by atoms with Crippen LogP contribution in [0.2, 0.25) is 0 Å². The van der Waals surface area contributed by atoms with E-state index in [0.717, 1.165) is 25.2 Å². The van der Waals surface area contributed by atoms with Gasteiger partial charge in [-0.2, -0.15) is 0 Å². The van der Waals surface area contributed by atoms with Gasteiger partial charge >= 0.3 is 5.97 Å². The maximum Gasteiger partial charge on any atom is 0.308 e. The number of anilines is 1. The van der Waals surface area contributed by atoms with Crippen LogP contribution in [0.5, 0.6) is 0 Å². The minimum absolute atomic E-state index is 0.372. The van der Waals surface area contributed by atoms with Crippen LogP contribution < -0.4 is 4.90 Å². The van der Waals surface area contributed by atoms with Crippen LogP contribution in [0.15, 0.2) is 24.3 Å². The fourth-order valence-corrected chi connectivity index (χ4v) is 2.00. The van der Waals surface area contributed by atoms with E-state index in [1.165, 1.54) is 5.56 Å². The molecular weight excluding hydrogens is 252 g/mol. The van der Waals surface area contributed by atoms with Crippen LogP contribution in [0.25, 0.3) is 0 Å². The van der Waals surface area contributed by atoms with E-state index < -0.39 is 5.97 Å². The highest BCUT2D eigenvalue weighted by Gasteiger charge is 2.16. The molecule has 1 N–H and O–H groups in total. The van der Waals surface area contributed by atoms with Crippen LogP contribution in [0, 0.1) is 5.92 Å². The van der Waals surface area contributed by atoms with Crippen LogP contribution in [0.4, 0.5) is 5.69 Å². The summed E-state index contributed by atoms with van der Waals surface area (Å²) in [5.41, 5.74) is 2.39. The molecule has 1 aromatic rings. The smallest absolute Gasteiger partial charge is 0.308 e. The second-order valence-electron chi connectivity index (χ2n) is 5.51. The van der Waals surface area contributed by atoms with Crippen LogP contribution in [0.1, 0.15) is 19.4 Å². The summed E-state index contributed by atoms with van der Waals surface area (Å²) in [4.78, 5) is 15.3. The number of carbonyl (C=O) groups is 1. The van der Waals surface area contributed by atoms with Gasteiger partial charge in [0.05, 0.1) is 5.92 Å². The van der Waals surface area contributed by atoms with Gasteiger partial charge in [-0.25, -0.2) is 0 Å². The second kappa shape index (κ2) is 7.90. The predicted octanol–water partition coefficient (Wildman–Crippen LogP) is 2.34. The van der Waals surface area contributed by atoms with Crippen molar-refractivity contribution in [3.63, 3.8) is 0 Å². The SMILES string of the molecule is CCc1ccc(N(CCN(C)C)CC(C)C(=O)O)cc1. The number of carboxylic acid groups (broad SMARTS) is 1. The number of aliphatic carboxylic acids is 1. The zero-order chi connectivity index (χ0) is 15.1. The number of hydrogen-bond acceptors (Lipinski definition) is 3. The van der Waals surface area contributed by atoms with E-state index in [1.54, 1.807) is 6.92 Å². The molecule has 0 aliphatic carbocycles. The zero-order valence-corrected chi connectivity index (χ0v) is 13.0. The number of benzene rings is 1. The number of rotatable bonds is 8. The molecule has 4 nitrogen and oxygen atoms in total. The fraction of sp³-hybridized carbons (Fsp3) is 0.562. The third-order valence-electron chi connectivity index (χ3n) is 3.44. The lowest BCUT2D eigenvalue weighted by Crippen LogP contribution is -2.36. The summed E-state index contributed by atoms with van der Waals surface area (Å²) in [6, 6.07) is 8.40. The van der Waals surface area contributed by atoms with Gasteiger partial charge in [0.25, 0.3) is 0 Å². The summed E-state index contributed by atoms with van der Waals surface area (Å²) in [6.45, 7) is 6.16. The quantitative estimate of drug-likeness (QED) is 0.792. The highest BCUT2D eigenvalue weighted by molar-refractivity contribution is 5.70. The van der Waals surface area contributed by atoms with E-state index in [-0.39, 0.29) is 5.92 Å². The Balaban J connectivity index is 2.81. The van der Waals surface area contributed by atoms with Crippen molar-refractivity contribution < 1.29 is 9.90 Å². The van der Waals surface area contributed by atoms with E-state index in [1.807, 2.05) is 14.1 Å². The molecule has 1 atom stereocenters. The zero-order valence-electron chi connectivity index (χ0n) is 13.0. The first-order valence-corrected chi connectivity index (χ1v) is 7.15. The van der Waals surface area contributed by atoms with Crippen molar-refractivity contribution in [3.05, 3.63) is 29.8 Å². The molecule has 0 saturated carbocycles. The van der Waals surface area contributed by atoms with E-state index in [2.05, 4.69) is 41.0 Å². The summed E-state index contributed by atoms with van der Waals surface area (Å²) in [6.07, 6.45) is 1.02. The van der Waals surface area contributed by atoms with Gasteiger partial charge < -0.3 is 14.9 Å². The Kier molecular flexibility index (Phi) is 6.52. The van der Waals surface area contributed by atoms with Crippen LogP contribution >= 0.6 is 0 Å². The van der Waals surface area contributed by atoms with Gasteiger partial charge in [-0.05, 0) is 38.2 Å². The molecule has 0 saturated heterocycles. The Morgan fingerprint density at radius 1 is 1.20 bits per heavy atom. The number of hydrogen-bond donors (Lipinski definition) is 1. The standard InChI is InChI=1S/C16H26N2O2/c1-5-14-6-8-15(9-7-14)18(11-10-17(3)4)12-13(2)16(19)20/h6-9,13H,5,10-12H2,1-4H3,(H,19,20). The molecule has 0 amide bonds. The first kappa shape index (κ1) is 16.5. The van der Waals surface area contributed by atoms with Crippen LogP contribution in [-0.4, -0.2) is 49.7 Å². The Labute approximate surface area is 122 Å². The van der Waals surface area contributed by atoms with Crippen LogP contribution in [0.3, 0.4) is 0 Å². The molecular formula is C16H26N2O2. The van der Waals surface area contributed by atoms with Gasteiger partial charge in [0.1, 0.15) is 0 Å². The molecule has 0 heterocycles. The first-order chi connectivity index (χ1) is 9.43. The third-order valence-corrected chi connectivity index (χ3v) is 3.44. The average Bonchev–Trinajstić information content (AvgIpc) is 2.43. The van der Waals surface area contributed by atoms with Gasteiger partial charge in [-0.15, -0.1) is 0 Å². The van der Waals surface area contributed by atoms with Crippen molar-refractivity contribution >= 4 is 11.7 Å². The highest BCUT2D eigenvalue weighted by atomic mass is 16.4. The monoisotopic (exact) mass is 278 g/mol. The summed E-state index contributed by atoms with van der Waals surface area (Å²) >= 11 is 0. The summed E-state index contributed by atoms with van der Waals surface area (Å²) in [5, 5.41) is 9.10. The number of likely N-dealkylation sites (N-methyl/N-ethyl adjacent to an activating group) is 1. The van der Waals surface area contributed by atoms with Gasteiger partial charge in [-0.3, -0.25) is 4.79 Å². The number of carboxylic acids is 1. The number of aryl methyl sites for hydroxylation is 1. The van der Waals surface area contributed by atoms with Crippen molar-refractivity contribution in [1.82, 2.24) is 4.90 Å². The Morgan fingerprint density at radius 2 is 1.80 bits per heavy atom. The molecule has 20 heavy (non-hydrogen) atoms. The maximum absolute atomic E-state index is 11.1. The third kappa shape index (κ3) is 5.21. The lowest BCUT2D eigenvalue weighted by Gasteiger charge is -2.28. The lowest BCUT2D eigenvalue weighted by atomic mass is 10.1. The Hall–Kier alpha value is -1.55. The molecule has 0 aromatic heterocycles. The van der Waals surface area contributed by atoms with Gasteiger partial charge in [0.2, 0.25) is 0 Å². The molecule has 0 radical (unpaired) electrons. The molecule has 112 valence electrons. The molecule has 0 aliphatic heterocycles. The Bertz CT molecular complexity index is 415. The van der Waals surface area contributed by atoms with Crippen LogP contribution in [-0.2, 0) is 11.2 Å². The molecule has 0 fully saturated rings. The van der Waals surface area contributed by atoms with Crippen molar-refractivity contribution in [3.8, 4) is 0 Å². The van der Waals surface area contributed by atoms with E-state index in [0.29, 0.717) is 6.54 Å². The summed E-state index contributed by atoms with van der Waals surface area (Å²) < 4.78 is 0. The van der Waals surface area contributed by atoms with E-state index in [9.17, 15) is 4.79 Å². The molecule has 4 heteroatoms. The van der Waals surface area contributed by atoms with Crippen molar-refractivity contribution in [2.45, 2.75) is 20.3 Å². The lowest BCUT2D eigenvalue weighted by molar-refractivity contribution is -0.140. The predicted molar refractivity (Wildman–Crippen MR) is 83.4 cm³/mol. The normalized spacial score (nSPS) is 12.4. The topological polar surface area (TPSA) is 43.8 Å². The molecule has 1 unspecified atom stereocenters. The Morgan fingerprint density at radius 3 is 2.25 bits per heavy atom. The number of nitrogens with zero attached hydrogens (tertiary/aromatic N) is 2. The molecule has 0 aliphatic rings. The van der Waals surface area contributed by atoms with Gasteiger partial charge in [0, 0.05) is 25.3 Å². The molecule has 1 rings (SSSR count).